The molecule has 0 saturated carbocycles. The maximum Gasteiger partial charge on any atom is 0.321 e. The molecule has 172 valence electrons. The SMILES string of the molecule is O=C(Nc1ccc(F)cc1)N1CCN(Cc2nc3cc(C(=O)N4CCCC4)ccc3o2)CC1. The van der Waals surface area contributed by atoms with Gasteiger partial charge in [0.05, 0.1) is 6.54 Å². The number of anilines is 1. The molecule has 8 nitrogen and oxygen atoms in total. The average Bonchev–Trinajstić information content (AvgIpc) is 3.50. The van der Waals surface area contributed by atoms with Gasteiger partial charge in [0, 0.05) is 50.5 Å². The Kier molecular flexibility index (Phi) is 5.95. The van der Waals surface area contributed by atoms with E-state index in [9.17, 15) is 14.0 Å². The van der Waals surface area contributed by atoms with E-state index in [1.54, 1.807) is 29.2 Å². The molecule has 2 aromatic carbocycles. The van der Waals surface area contributed by atoms with E-state index in [0.29, 0.717) is 61.0 Å². The third-order valence-corrected chi connectivity index (χ3v) is 6.19. The Hall–Kier alpha value is -3.46. The Bertz CT molecular complexity index is 1150. The Morgan fingerprint density at radius 3 is 2.39 bits per heavy atom. The quantitative estimate of drug-likeness (QED) is 0.656. The first-order valence-corrected chi connectivity index (χ1v) is 11.3. The van der Waals surface area contributed by atoms with Crippen molar-refractivity contribution in [3.8, 4) is 0 Å². The molecule has 1 aromatic heterocycles. The summed E-state index contributed by atoms with van der Waals surface area (Å²) in [5.41, 5.74) is 2.57. The van der Waals surface area contributed by atoms with Gasteiger partial charge in [0.15, 0.2) is 5.58 Å². The van der Waals surface area contributed by atoms with Gasteiger partial charge in [0.25, 0.3) is 5.91 Å². The summed E-state index contributed by atoms with van der Waals surface area (Å²) in [4.78, 5) is 35.5. The third kappa shape index (κ3) is 4.83. The summed E-state index contributed by atoms with van der Waals surface area (Å²) < 4.78 is 18.9. The zero-order valence-corrected chi connectivity index (χ0v) is 18.3. The smallest absolute Gasteiger partial charge is 0.321 e. The molecule has 0 spiro atoms. The largest absolute Gasteiger partial charge is 0.439 e. The van der Waals surface area contributed by atoms with Gasteiger partial charge in [0.2, 0.25) is 5.89 Å². The first kappa shape index (κ1) is 21.4. The summed E-state index contributed by atoms with van der Waals surface area (Å²) in [5.74, 6) is 0.309. The highest BCUT2D eigenvalue weighted by Crippen LogP contribution is 2.21. The number of nitrogens with one attached hydrogen (secondary N) is 1. The van der Waals surface area contributed by atoms with Gasteiger partial charge in [-0.15, -0.1) is 0 Å². The number of carbonyl (C=O) groups excluding carboxylic acids is 2. The number of halogens is 1. The van der Waals surface area contributed by atoms with Gasteiger partial charge < -0.3 is 19.5 Å². The van der Waals surface area contributed by atoms with Crippen LogP contribution in [0.3, 0.4) is 0 Å². The summed E-state index contributed by atoms with van der Waals surface area (Å²) in [6.45, 7) is 4.69. The number of hydrogen-bond acceptors (Lipinski definition) is 5. The highest BCUT2D eigenvalue weighted by molar-refractivity contribution is 5.97. The number of aromatic nitrogens is 1. The number of piperazine rings is 1. The van der Waals surface area contributed by atoms with E-state index in [1.807, 2.05) is 11.0 Å². The van der Waals surface area contributed by atoms with E-state index in [4.69, 9.17) is 4.42 Å². The van der Waals surface area contributed by atoms with Gasteiger partial charge in [-0.3, -0.25) is 9.69 Å². The first-order valence-electron chi connectivity index (χ1n) is 11.3. The summed E-state index contributed by atoms with van der Waals surface area (Å²) >= 11 is 0. The molecule has 0 radical (unpaired) electrons. The Balaban J connectivity index is 1.16. The lowest BCUT2D eigenvalue weighted by atomic mass is 10.2. The van der Waals surface area contributed by atoms with Crippen molar-refractivity contribution in [1.29, 1.82) is 0 Å². The van der Waals surface area contributed by atoms with Gasteiger partial charge in [-0.05, 0) is 55.3 Å². The number of fused-ring (bicyclic) bond motifs is 1. The number of urea groups is 1. The first-order chi connectivity index (χ1) is 16.0. The molecule has 0 atom stereocenters. The minimum atomic E-state index is -0.338. The zero-order chi connectivity index (χ0) is 22.8. The summed E-state index contributed by atoms with van der Waals surface area (Å²) in [7, 11) is 0. The van der Waals surface area contributed by atoms with Crippen molar-refractivity contribution in [3.63, 3.8) is 0 Å². The van der Waals surface area contributed by atoms with E-state index in [-0.39, 0.29) is 17.8 Å². The van der Waals surface area contributed by atoms with Crippen LogP contribution in [0.2, 0.25) is 0 Å². The number of nitrogens with zero attached hydrogens (tertiary/aromatic N) is 4. The Morgan fingerprint density at radius 1 is 0.939 bits per heavy atom. The van der Waals surface area contributed by atoms with Crippen LogP contribution in [0.5, 0.6) is 0 Å². The maximum atomic E-state index is 13.0. The number of carbonyl (C=O) groups is 2. The summed E-state index contributed by atoms with van der Waals surface area (Å²) in [6, 6.07) is 10.9. The van der Waals surface area contributed by atoms with Crippen LogP contribution < -0.4 is 5.32 Å². The molecule has 33 heavy (non-hydrogen) atoms. The molecule has 2 aliphatic heterocycles. The van der Waals surface area contributed by atoms with Gasteiger partial charge in [-0.1, -0.05) is 0 Å². The molecule has 9 heteroatoms. The van der Waals surface area contributed by atoms with Crippen LogP contribution in [-0.2, 0) is 6.54 Å². The number of likely N-dealkylation sites (tertiary alicyclic amines) is 1. The Labute approximate surface area is 191 Å². The Morgan fingerprint density at radius 2 is 1.67 bits per heavy atom. The second-order valence-corrected chi connectivity index (χ2v) is 8.49. The molecular formula is C24H26FN5O3. The molecule has 3 aromatic rings. The van der Waals surface area contributed by atoms with Crippen LogP contribution in [0.15, 0.2) is 46.9 Å². The number of hydrogen-bond donors (Lipinski definition) is 1. The number of benzene rings is 2. The van der Waals surface area contributed by atoms with Gasteiger partial charge in [0.1, 0.15) is 11.3 Å². The maximum absolute atomic E-state index is 13.0. The van der Waals surface area contributed by atoms with E-state index in [2.05, 4.69) is 15.2 Å². The summed E-state index contributed by atoms with van der Waals surface area (Å²) in [5, 5.41) is 2.80. The fourth-order valence-electron chi connectivity index (χ4n) is 4.31. The number of amides is 3. The fourth-order valence-corrected chi connectivity index (χ4v) is 4.31. The van der Waals surface area contributed by atoms with Gasteiger partial charge >= 0.3 is 6.03 Å². The zero-order valence-electron chi connectivity index (χ0n) is 18.3. The van der Waals surface area contributed by atoms with E-state index in [0.717, 1.165) is 25.9 Å². The van der Waals surface area contributed by atoms with Gasteiger partial charge in [-0.25, -0.2) is 14.2 Å². The van der Waals surface area contributed by atoms with Crippen molar-refractivity contribution in [2.75, 3.05) is 44.6 Å². The number of rotatable bonds is 4. The third-order valence-electron chi connectivity index (χ3n) is 6.19. The predicted octanol–water partition coefficient (Wildman–Crippen LogP) is 3.55. The minimum Gasteiger partial charge on any atom is -0.439 e. The highest BCUT2D eigenvalue weighted by atomic mass is 19.1. The molecule has 3 amide bonds. The van der Waals surface area contributed by atoms with E-state index >= 15 is 0 Å². The summed E-state index contributed by atoms with van der Waals surface area (Å²) in [6.07, 6.45) is 2.12. The minimum absolute atomic E-state index is 0.0500. The molecule has 2 fully saturated rings. The standard InChI is InChI=1S/C24H26FN5O3/c25-18-4-6-19(7-5-18)26-24(32)30-13-11-28(12-14-30)16-22-27-20-15-17(3-8-21(20)33-22)23(31)29-9-1-2-10-29/h3-8,15H,1-2,9-14,16H2,(H,26,32). The van der Waals surface area contributed by atoms with Crippen molar-refractivity contribution in [2.24, 2.45) is 0 Å². The van der Waals surface area contributed by atoms with Crippen molar-refractivity contribution in [2.45, 2.75) is 19.4 Å². The molecule has 2 aliphatic rings. The molecular weight excluding hydrogens is 425 g/mol. The fraction of sp³-hybridized carbons (Fsp3) is 0.375. The lowest BCUT2D eigenvalue weighted by Crippen LogP contribution is -2.49. The number of oxazole rings is 1. The van der Waals surface area contributed by atoms with Crippen LogP contribution in [0, 0.1) is 5.82 Å². The molecule has 0 unspecified atom stereocenters. The molecule has 0 bridgehead atoms. The van der Waals surface area contributed by atoms with Crippen molar-refractivity contribution >= 4 is 28.7 Å². The predicted molar refractivity (Wildman–Crippen MR) is 121 cm³/mol. The monoisotopic (exact) mass is 451 g/mol. The van der Waals surface area contributed by atoms with Crippen molar-refractivity contribution < 1.29 is 18.4 Å². The van der Waals surface area contributed by atoms with Crippen LogP contribution in [-0.4, -0.2) is 70.9 Å². The van der Waals surface area contributed by atoms with E-state index in [1.165, 1.54) is 12.1 Å². The van der Waals surface area contributed by atoms with Crippen LogP contribution in [0.25, 0.3) is 11.1 Å². The van der Waals surface area contributed by atoms with Gasteiger partial charge in [-0.2, -0.15) is 0 Å². The lowest BCUT2D eigenvalue weighted by molar-refractivity contribution is 0.0793. The van der Waals surface area contributed by atoms with Crippen LogP contribution in [0.4, 0.5) is 14.9 Å². The molecule has 2 saturated heterocycles. The average molecular weight is 452 g/mol. The molecule has 3 heterocycles. The topological polar surface area (TPSA) is 81.9 Å². The molecule has 0 aliphatic carbocycles. The highest BCUT2D eigenvalue weighted by Gasteiger charge is 2.23. The van der Waals surface area contributed by atoms with E-state index < -0.39 is 0 Å². The second kappa shape index (κ2) is 9.19. The van der Waals surface area contributed by atoms with Crippen LogP contribution in [0.1, 0.15) is 29.1 Å². The van der Waals surface area contributed by atoms with Crippen molar-refractivity contribution in [1.82, 2.24) is 19.7 Å². The van der Waals surface area contributed by atoms with Crippen molar-refractivity contribution in [3.05, 3.63) is 59.7 Å². The normalized spacial score (nSPS) is 17.0. The van der Waals surface area contributed by atoms with Crippen LogP contribution >= 0.6 is 0 Å². The lowest BCUT2D eigenvalue weighted by Gasteiger charge is -2.34. The molecule has 5 rings (SSSR count). The molecule has 1 N–H and O–H groups in total. The second-order valence-electron chi connectivity index (χ2n) is 8.49.